The SMILES string of the molecule is CCOC(=O)CCC(=O)N(CCOC)CC(=O)N(Cc1ccc(F)cc1)Cc1ccco1. The Morgan fingerprint density at radius 1 is 1.00 bits per heavy atom. The quantitative estimate of drug-likeness (QED) is 0.438. The first-order chi connectivity index (χ1) is 15.4. The number of methoxy groups -OCH3 is 1. The summed E-state index contributed by atoms with van der Waals surface area (Å²) in [4.78, 5) is 40.3. The van der Waals surface area contributed by atoms with E-state index in [0.29, 0.717) is 5.76 Å². The van der Waals surface area contributed by atoms with Gasteiger partial charge < -0.3 is 23.7 Å². The molecule has 0 N–H and O–H groups in total. The highest BCUT2D eigenvalue weighted by Gasteiger charge is 2.23. The lowest BCUT2D eigenvalue weighted by molar-refractivity contribution is -0.146. The van der Waals surface area contributed by atoms with Crippen LogP contribution in [0.25, 0.3) is 0 Å². The first kappa shape index (κ1) is 25.1. The molecule has 0 unspecified atom stereocenters. The average molecular weight is 448 g/mol. The molecule has 1 aromatic heterocycles. The van der Waals surface area contributed by atoms with Crippen molar-refractivity contribution in [3.63, 3.8) is 0 Å². The van der Waals surface area contributed by atoms with E-state index in [9.17, 15) is 18.8 Å². The number of furan rings is 1. The third-order valence-electron chi connectivity index (χ3n) is 4.66. The van der Waals surface area contributed by atoms with Crippen LogP contribution < -0.4 is 0 Å². The Kier molecular flexibility index (Phi) is 10.4. The van der Waals surface area contributed by atoms with Crippen LogP contribution in [0.2, 0.25) is 0 Å². The Hall–Kier alpha value is -3.20. The van der Waals surface area contributed by atoms with Crippen LogP contribution in [0.4, 0.5) is 4.39 Å². The summed E-state index contributed by atoms with van der Waals surface area (Å²) in [6.07, 6.45) is 1.39. The molecule has 0 bridgehead atoms. The molecule has 1 heterocycles. The van der Waals surface area contributed by atoms with Crippen LogP contribution in [0.5, 0.6) is 0 Å². The molecule has 0 aliphatic rings. The number of hydrogen-bond donors (Lipinski definition) is 0. The molecular formula is C23H29FN2O6. The molecule has 32 heavy (non-hydrogen) atoms. The average Bonchev–Trinajstić information content (AvgIpc) is 3.29. The Morgan fingerprint density at radius 2 is 1.75 bits per heavy atom. The van der Waals surface area contributed by atoms with E-state index >= 15 is 0 Å². The first-order valence-corrected chi connectivity index (χ1v) is 10.4. The van der Waals surface area contributed by atoms with E-state index in [-0.39, 0.29) is 69.9 Å². The number of nitrogens with zero attached hydrogens (tertiary/aromatic N) is 2. The molecule has 0 spiro atoms. The number of carbonyl (C=O) groups excluding carboxylic acids is 3. The Morgan fingerprint density at radius 3 is 2.38 bits per heavy atom. The summed E-state index contributed by atoms with van der Waals surface area (Å²) in [7, 11) is 1.50. The summed E-state index contributed by atoms with van der Waals surface area (Å²) in [5, 5.41) is 0. The number of ether oxygens (including phenoxy) is 2. The molecule has 2 amide bonds. The third-order valence-corrected chi connectivity index (χ3v) is 4.66. The summed E-state index contributed by atoms with van der Waals surface area (Å²) in [5.41, 5.74) is 0.739. The normalized spacial score (nSPS) is 10.6. The van der Waals surface area contributed by atoms with Crippen molar-refractivity contribution in [1.29, 1.82) is 0 Å². The van der Waals surface area contributed by atoms with Gasteiger partial charge in [0.15, 0.2) is 0 Å². The van der Waals surface area contributed by atoms with Crippen molar-refractivity contribution in [2.24, 2.45) is 0 Å². The lowest BCUT2D eigenvalue weighted by atomic mass is 10.2. The lowest BCUT2D eigenvalue weighted by Crippen LogP contribution is -2.43. The van der Waals surface area contributed by atoms with Gasteiger partial charge in [0, 0.05) is 26.6 Å². The van der Waals surface area contributed by atoms with Gasteiger partial charge in [-0.3, -0.25) is 14.4 Å². The number of carbonyl (C=O) groups is 3. The largest absolute Gasteiger partial charge is 0.467 e. The van der Waals surface area contributed by atoms with Gasteiger partial charge in [-0.2, -0.15) is 0 Å². The standard InChI is InChI=1S/C23H29FN2O6/c1-3-31-23(29)11-10-21(27)25(12-14-30-2)17-22(28)26(16-20-5-4-13-32-20)15-18-6-8-19(24)9-7-18/h4-9,13H,3,10-12,14-17H2,1-2H3. The molecule has 9 heteroatoms. The molecule has 2 aromatic rings. The zero-order valence-corrected chi connectivity index (χ0v) is 18.4. The van der Waals surface area contributed by atoms with E-state index in [1.165, 1.54) is 35.3 Å². The summed E-state index contributed by atoms with van der Waals surface area (Å²) in [6.45, 7) is 2.60. The summed E-state index contributed by atoms with van der Waals surface area (Å²) < 4.78 is 28.5. The zero-order valence-electron chi connectivity index (χ0n) is 18.4. The van der Waals surface area contributed by atoms with Crippen LogP contribution in [0.15, 0.2) is 47.1 Å². The van der Waals surface area contributed by atoms with Crippen molar-refractivity contribution in [3.8, 4) is 0 Å². The van der Waals surface area contributed by atoms with Crippen molar-refractivity contribution in [1.82, 2.24) is 9.80 Å². The number of rotatable bonds is 13. The van der Waals surface area contributed by atoms with Gasteiger partial charge in [0.25, 0.3) is 0 Å². The topological polar surface area (TPSA) is 89.3 Å². The maximum absolute atomic E-state index is 13.3. The number of esters is 1. The predicted molar refractivity (Wildman–Crippen MR) is 114 cm³/mol. The van der Waals surface area contributed by atoms with Gasteiger partial charge in [-0.1, -0.05) is 12.1 Å². The molecule has 174 valence electrons. The molecular weight excluding hydrogens is 419 g/mol. The fourth-order valence-corrected chi connectivity index (χ4v) is 2.99. The number of benzene rings is 1. The minimum atomic E-state index is -0.463. The number of hydrogen-bond acceptors (Lipinski definition) is 6. The van der Waals surface area contributed by atoms with Crippen molar-refractivity contribution in [3.05, 3.63) is 59.8 Å². The highest BCUT2D eigenvalue weighted by molar-refractivity contribution is 5.86. The Bertz CT molecular complexity index is 854. The zero-order chi connectivity index (χ0) is 23.3. The van der Waals surface area contributed by atoms with Crippen LogP contribution >= 0.6 is 0 Å². The summed E-state index contributed by atoms with van der Waals surface area (Å²) in [5.74, 6) is -0.905. The Balaban J connectivity index is 2.09. The van der Waals surface area contributed by atoms with Gasteiger partial charge in [0.05, 0.1) is 39.0 Å². The summed E-state index contributed by atoms with van der Waals surface area (Å²) in [6, 6.07) is 9.33. The molecule has 0 aliphatic heterocycles. The predicted octanol–water partition coefficient (Wildman–Crippen LogP) is 2.77. The smallest absolute Gasteiger partial charge is 0.306 e. The van der Waals surface area contributed by atoms with Crippen molar-refractivity contribution in [2.75, 3.05) is 33.4 Å². The van der Waals surface area contributed by atoms with Gasteiger partial charge in [-0.05, 0) is 36.8 Å². The highest BCUT2D eigenvalue weighted by atomic mass is 19.1. The monoisotopic (exact) mass is 448 g/mol. The molecule has 0 radical (unpaired) electrons. The van der Waals surface area contributed by atoms with Crippen molar-refractivity contribution in [2.45, 2.75) is 32.9 Å². The van der Waals surface area contributed by atoms with Gasteiger partial charge in [-0.25, -0.2) is 4.39 Å². The number of amides is 2. The van der Waals surface area contributed by atoms with Crippen LogP contribution in [0.1, 0.15) is 31.1 Å². The minimum Gasteiger partial charge on any atom is -0.467 e. The molecule has 0 atom stereocenters. The molecule has 0 aliphatic carbocycles. The lowest BCUT2D eigenvalue weighted by Gasteiger charge is -2.27. The highest BCUT2D eigenvalue weighted by Crippen LogP contribution is 2.13. The molecule has 0 saturated carbocycles. The second-order valence-corrected chi connectivity index (χ2v) is 7.07. The van der Waals surface area contributed by atoms with E-state index < -0.39 is 5.97 Å². The van der Waals surface area contributed by atoms with Crippen LogP contribution in [0.3, 0.4) is 0 Å². The Labute approximate surface area is 186 Å². The second-order valence-electron chi connectivity index (χ2n) is 7.07. The molecule has 0 saturated heterocycles. The van der Waals surface area contributed by atoms with Crippen molar-refractivity contribution < 1.29 is 32.7 Å². The fraction of sp³-hybridized carbons (Fsp3) is 0.435. The van der Waals surface area contributed by atoms with Crippen molar-refractivity contribution >= 4 is 17.8 Å². The van der Waals surface area contributed by atoms with Crippen LogP contribution in [-0.2, 0) is 36.9 Å². The first-order valence-electron chi connectivity index (χ1n) is 10.4. The third kappa shape index (κ3) is 8.50. The van der Waals surface area contributed by atoms with Gasteiger partial charge >= 0.3 is 5.97 Å². The molecule has 1 aromatic carbocycles. The van der Waals surface area contributed by atoms with E-state index in [1.54, 1.807) is 31.2 Å². The fourth-order valence-electron chi connectivity index (χ4n) is 2.99. The van der Waals surface area contributed by atoms with Crippen LogP contribution in [-0.4, -0.2) is 61.0 Å². The number of halogens is 1. The van der Waals surface area contributed by atoms with Gasteiger partial charge in [-0.15, -0.1) is 0 Å². The second kappa shape index (κ2) is 13.3. The van der Waals surface area contributed by atoms with E-state index in [4.69, 9.17) is 13.9 Å². The minimum absolute atomic E-state index is 0.0595. The van der Waals surface area contributed by atoms with Gasteiger partial charge in [0.1, 0.15) is 11.6 Å². The maximum atomic E-state index is 13.3. The molecule has 0 fully saturated rings. The molecule has 2 rings (SSSR count). The summed E-state index contributed by atoms with van der Waals surface area (Å²) >= 11 is 0. The van der Waals surface area contributed by atoms with E-state index in [0.717, 1.165) is 5.56 Å². The maximum Gasteiger partial charge on any atom is 0.306 e. The van der Waals surface area contributed by atoms with E-state index in [1.807, 2.05) is 0 Å². The van der Waals surface area contributed by atoms with E-state index in [2.05, 4.69) is 0 Å². The van der Waals surface area contributed by atoms with Gasteiger partial charge in [0.2, 0.25) is 11.8 Å². The molecule has 8 nitrogen and oxygen atoms in total. The van der Waals surface area contributed by atoms with Crippen LogP contribution in [0, 0.1) is 5.82 Å².